The number of ether oxygens (including phenoxy) is 3. The van der Waals surface area contributed by atoms with Gasteiger partial charge in [0.2, 0.25) is 6.29 Å². The van der Waals surface area contributed by atoms with Crippen LogP contribution >= 0.6 is 0 Å². The van der Waals surface area contributed by atoms with Gasteiger partial charge in [0.1, 0.15) is 12.2 Å². The first-order valence-corrected chi connectivity index (χ1v) is 12.8. The number of fused-ring (bicyclic) bond motifs is 1. The van der Waals surface area contributed by atoms with Gasteiger partial charge in [-0.2, -0.15) is 0 Å². The first-order valence-electron chi connectivity index (χ1n) is 12.8. The van der Waals surface area contributed by atoms with Gasteiger partial charge in [0.25, 0.3) is 0 Å². The highest BCUT2D eigenvalue weighted by Crippen LogP contribution is 2.51. The van der Waals surface area contributed by atoms with Crippen molar-refractivity contribution < 1.29 is 34.3 Å². The Hall–Kier alpha value is -2.09. The molecule has 1 saturated heterocycles. The molecule has 8 atom stereocenters. The van der Waals surface area contributed by atoms with E-state index in [1.54, 1.807) is 6.92 Å². The van der Waals surface area contributed by atoms with E-state index in [1.165, 1.54) is 18.1 Å². The van der Waals surface area contributed by atoms with E-state index in [0.29, 0.717) is 11.8 Å². The number of benzene rings is 1. The molecule has 0 saturated carbocycles. The van der Waals surface area contributed by atoms with Crippen molar-refractivity contribution in [1.29, 1.82) is 0 Å². The largest absolute Gasteiger partial charge is 0.504 e. The van der Waals surface area contributed by atoms with E-state index >= 15 is 0 Å². The molecule has 7 nitrogen and oxygen atoms in total. The molecule has 35 heavy (non-hydrogen) atoms. The molecule has 1 heterocycles. The fourth-order valence-corrected chi connectivity index (χ4v) is 5.53. The van der Waals surface area contributed by atoms with Crippen LogP contribution in [0.5, 0.6) is 11.5 Å². The van der Waals surface area contributed by atoms with Gasteiger partial charge in [0.15, 0.2) is 17.6 Å². The average molecular weight is 491 g/mol. The van der Waals surface area contributed by atoms with Crippen LogP contribution in [0, 0.1) is 12.8 Å². The van der Waals surface area contributed by atoms with Crippen LogP contribution in [-0.4, -0.2) is 52.0 Å². The Bertz CT molecular complexity index is 936. The molecule has 0 bridgehead atoms. The van der Waals surface area contributed by atoms with Crippen molar-refractivity contribution in [3.05, 3.63) is 34.4 Å². The summed E-state index contributed by atoms with van der Waals surface area (Å²) in [7, 11) is 0. The smallest absolute Gasteiger partial charge is 0.303 e. The van der Waals surface area contributed by atoms with Gasteiger partial charge in [-0.3, -0.25) is 4.79 Å². The topological polar surface area (TPSA) is 105 Å². The molecule has 0 radical (unpaired) electrons. The lowest BCUT2D eigenvalue weighted by molar-refractivity contribution is -0.272. The van der Waals surface area contributed by atoms with Crippen LogP contribution in [0.25, 0.3) is 0 Å². The van der Waals surface area contributed by atoms with Crippen molar-refractivity contribution in [2.45, 2.75) is 117 Å². The Balaban J connectivity index is 1.86. The number of carbonyl (C=O) groups excluding carboxylic acids is 1. The highest BCUT2D eigenvalue weighted by molar-refractivity contribution is 5.66. The summed E-state index contributed by atoms with van der Waals surface area (Å²) >= 11 is 0. The Kier molecular flexibility index (Phi) is 8.89. The molecule has 1 aromatic rings. The van der Waals surface area contributed by atoms with Crippen molar-refractivity contribution in [2.75, 3.05) is 0 Å². The second kappa shape index (κ2) is 11.3. The number of phenols is 1. The van der Waals surface area contributed by atoms with Gasteiger partial charge in [0.05, 0.1) is 6.10 Å². The number of rotatable bonds is 7. The van der Waals surface area contributed by atoms with Crippen LogP contribution in [0.2, 0.25) is 0 Å². The Morgan fingerprint density at radius 2 is 1.89 bits per heavy atom. The normalized spacial score (nSPS) is 31.3. The van der Waals surface area contributed by atoms with Crippen molar-refractivity contribution in [1.82, 2.24) is 0 Å². The molecular formula is C28H42O7. The third-order valence-electron chi connectivity index (χ3n) is 7.49. The minimum absolute atomic E-state index is 0.0775. The minimum Gasteiger partial charge on any atom is -0.504 e. The summed E-state index contributed by atoms with van der Waals surface area (Å²) in [6, 6.07) is 2.10. The van der Waals surface area contributed by atoms with Crippen LogP contribution in [0.3, 0.4) is 0 Å². The van der Waals surface area contributed by atoms with Crippen LogP contribution < -0.4 is 4.74 Å². The van der Waals surface area contributed by atoms with E-state index < -0.39 is 36.7 Å². The lowest BCUT2D eigenvalue weighted by atomic mass is 9.70. The molecule has 1 aliphatic heterocycles. The number of hydrogen-bond donors (Lipinski definition) is 3. The molecule has 196 valence electrons. The lowest BCUT2D eigenvalue weighted by Crippen LogP contribution is -2.59. The molecule has 7 heteroatoms. The standard InChI is InChI=1S/C28H42O7/c1-14(2)9-8-10-15(3)20-12-11-16(4)22-21(20)13-17(5)26(23(22)30)35-28-25(32)24(31)27(18(6)33-28)34-19(7)29/h9,13,15-16,18,20,24-25,27-28,30-32H,8,10-12H2,1-7H3. The molecule has 0 amide bonds. The zero-order valence-electron chi connectivity index (χ0n) is 22.1. The summed E-state index contributed by atoms with van der Waals surface area (Å²) < 4.78 is 16.9. The van der Waals surface area contributed by atoms with E-state index in [4.69, 9.17) is 14.2 Å². The Morgan fingerprint density at radius 3 is 2.51 bits per heavy atom. The predicted octanol–water partition coefficient (Wildman–Crippen LogP) is 4.84. The summed E-state index contributed by atoms with van der Waals surface area (Å²) in [5.41, 5.74) is 4.14. The number of carbonyl (C=O) groups is 1. The molecule has 0 aromatic heterocycles. The Labute approximate surface area is 209 Å². The summed E-state index contributed by atoms with van der Waals surface area (Å²) in [5, 5.41) is 32.5. The van der Waals surface area contributed by atoms with Crippen molar-refractivity contribution >= 4 is 5.97 Å². The summed E-state index contributed by atoms with van der Waals surface area (Å²) in [4.78, 5) is 11.4. The molecule has 1 aliphatic carbocycles. The highest BCUT2D eigenvalue weighted by Gasteiger charge is 2.46. The number of aryl methyl sites for hydroxylation is 1. The number of esters is 1. The second-order valence-electron chi connectivity index (χ2n) is 10.7. The quantitative estimate of drug-likeness (QED) is 0.371. The molecule has 3 rings (SSSR count). The number of aromatic hydroxyl groups is 1. The molecule has 3 N–H and O–H groups in total. The van der Waals surface area contributed by atoms with Gasteiger partial charge in [-0.15, -0.1) is 0 Å². The molecule has 1 fully saturated rings. The number of hydrogen-bond acceptors (Lipinski definition) is 7. The van der Waals surface area contributed by atoms with Gasteiger partial charge in [0, 0.05) is 12.5 Å². The molecular weight excluding hydrogens is 448 g/mol. The number of aliphatic hydroxyl groups excluding tert-OH is 2. The van der Waals surface area contributed by atoms with E-state index in [1.807, 2.05) is 6.92 Å². The molecule has 2 aliphatic rings. The van der Waals surface area contributed by atoms with E-state index in [-0.39, 0.29) is 17.4 Å². The van der Waals surface area contributed by atoms with Crippen molar-refractivity contribution in [3.8, 4) is 11.5 Å². The van der Waals surface area contributed by atoms with Crippen LogP contribution in [0.4, 0.5) is 0 Å². The van der Waals surface area contributed by atoms with Gasteiger partial charge in [-0.25, -0.2) is 0 Å². The predicted molar refractivity (Wildman–Crippen MR) is 134 cm³/mol. The number of aliphatic hydroxyl groups is 2. The zero-order chi connectivity index (χ0) is 26.0. The van der Waals surface area contributed by atoms with E-state index in [0.717, 1.165) is 36.8 Å². The number of phenolic OH excluding ortho intramolecular Hbond substituents is 1. The summed E-state index contributed by atoms with van der Waals surface area (Å²) in [6.07, 6.45) is 0.709. The fourth-order valence-electron chi connectivity index (χ4n) is 5.53. The SMILES string of the molecule is CC(=O)OC1C(C)OC(Oc2c(C)cc3c(c2O)C(C)CCC3C(C)CCC=C(C)C)C(O)C1O. The van der Waals surface area contributed by atoms with Crippen LogP contribution in [0.15, 0.2) is 17.7 Å². The summed E-state index contributed by atoms with van der Waals surface area (Å²) in [6.45, 7) is 13.4. The van der Waals surface area contributed by atoms with Crippen molar-refractivity contribution in [3.63, 3.8) is 0 Å². The first-order chi connectivity index (χ1) is 16.4. The molecule has 0 spiro atoms. The van der Waals surface area contributed by atoms with Crippen LogP contribution in [0.1, 0.15) is 95.8 Å². The van der Waals surface area contributed by atoms with Crippen molar-refractivity contribution in [2.24, 2.45) is 5.92 Å². The fraction of sp³-hybridized carbons (Fsp3) is 0.679. The number of allylic oxidation sites excluding steroid dienone is 2. The minimum atomic E-state index is -1.45. The molecule has 1 aromatic carbocycles. The van der Waals surface area contributed by atoms with E-state index in [9.17, 15) is 20.1 Å². The third-order valence-corrected chi connectivity index (χ3v) is 7.49. The zero-order valence-corrected chi connectivity index (χ0v) is 22.1. The maximum absolute atomic E-state index is 11.4. The first kappa shape index (κ1) is 27.5. The van der Waals surface area contributed by atoms with Gasteiger partial charge < -0.3 is 29.5 Å². The van der Waals surface area contributed by atoms with Gasteiger partial charge in [-0.1, -0.05) is 31.6 Å². The average Bonchev–Trinajstić information content (AvgIpc) is 2.76. The lowest BCUT2D eigenvalue weighted by Gasteiger charge is -2.41. The van der Waals surface area contributed by atoms with E-state index in [2.05, 4.69) is 39.8 Å². The summed E-state index contributed by atoms with van der Waals surface area (Å²) in [5.74, 6) is 0.757. The van der Waals surface area contributed by atoms with Gasteiger partial charge >= 0.3 is 5.97 Å². The maximum Gasteiger partial charge on any atom is 0.303 e. The second-order valence-corrected chi connectivity index (χ2v) is 10.7. The monoisotopic (exact) mass is 490 g/mol. The Morgan fingerprint density at radius 1 is 1.20 bits per heavy atom. The highest BCUT2D eigenvalue weighted by atomic mass is 16.7. The van der Waals surface area contributed by atoms with Gasteiger partial charge in [-0.05, 0) is 82.3 Å². The maximum atomic E-state index is 11.4. The molecule has 8 unspecified atom stereocenters. The third kappa shape index (κ3) is 6.01. The van der Waals surface area contributed by atoms with Crippen LogP contribution in [-0.2, 0) is 14.3 Å².